The van der Waals surface area contributed by atoms with E-state index in [0.717, 1.165) is 19.4 Å². The maximum absolute atomic E-state index is 12.1. The summed E-state index contributed by atoms with van der Waals surface area (Å²) in [6.45, 7) is 2.70. The molecule has 3 nitrogen and oxygen atoms in total. The van der Waals surface area contributed by atoms with E-state index in [0.29, 0.717) is 24.2 Å². The van der Waals surface area contributed by atoms with Gasteiger partial charge in [-0.25, -0.2) is 0 Å². The number of rotatable bonds is 5. The van der Waals surface area contributed by atoms with Gasteiger partial charge in [0.2, 0.25) is 5.91 Å². The Hall–Kier alpha value is -1.84. The average molecular weight is 371 g/mol. The highest BCUT2D eigenvalue weighted by Crippen LogP contribution is 2.55. The van der Waals surface area contributed by atoms with E-state index >= 15 is 0 Å². The van der Waals surface area contributed by atoms with E-state index in [4.69, 9.17) is 5.73 Å². The van der Waals surface area contributed by atoms with E-state index in [1.54, 1.807) is 0 Å². The number of nitrogens with two attached hydrogens (primary N) is 1. The Balaban J connectivity index is 0.00000196. The minimum absolute atomic E-state index is 0. The van der Waals surface area contributed by atoms with Crippen LogP contribution in [0.1, 0.15) is 60.3 Å². The van der Waals surface area contributed by atoms with Crippen LogP contribution < -0.4 is 11.1 Å². The summed E-state index contributed by atoms with van der Waals surface area (Å²) in [7, 11) is 0. The molecule has 0 spiro atoms. The van der Waals surface area contributed by atoms with E-state index in [-0.39, 0.29) is 24.4 Å². The van der Waals surface area contributed by atoms with Gasteiger partial charge in [0.25, 0.3) is 0 Å². The molecule has 4 heteroatoms. The summed E-state index contributed by atoms with van der Waals surface area (Å²) in [5.41, 5.74) is 11.6. The van der Waals surface area contributed by atoms with E-state index in [2.05, 4.69) is 53.8 Å². The Labute approximate surface area is 161 Å². The molecule has 0 fully saturated rings. The van der Waals surface area contributed by atoms with Gasteiger partial charge in [-0.1, -0.05) is 48.5 Å². The van der Waals surface area contributed by atoms with Gasteiger partial charge in [0, 0.05) is 30.8 Å². The van der Waals surface area contributed by atoms with Gasteiger partial charge in [-0.3, -0.25) is 4.79 Å². The zero-order valence-corrected chi connectivity index (χ0v) is 16.0. The number of nitrogens with one attached hydrogen (secondary N) is 1. The van der Waals surface area contributed by atoms with E-state index in [9.17, 15) is 4.79 Å². The van der Waals surface area contributed by atoms with Gasteiger partial charge in [0.1, 0.15) is 0 Å². The third kappa shape index (κ3) is 3.38. The van der Waals surface area contributed by atoms with Crippen molar-refractivity contribution in [3.05, 3.63) is 70.8 Å². The molecule has 3 N–H and O–H groups in total. The first kappa shape index (κ1) is 18.9. The Morgan fingerprint density at radius 2 is 1.62 bits per heavy atom. The fourth-order valence-electron chi connectivity index (χ4n) is 4.65. The van der Waals surface area contributed by atoms with Gasteiger partial charge in [-0.05, 0) is 47.9 Å². The van der Waals surface area contributed by atoms with Crippen LogP contribution in [0.4, 0.5) is 0 Å². The number of amides is 1. The fraction of sp³-hybridized carbons (Fsp3) is 0.409. The maximum Gasteiger partial charge on any atom is 0.220 e. The smallest absolute Gasteiger partial charge is 0.220 e. The van der Waals surface area contributed by atoms with Crippen molar-refractivity contribution >= 4 is 18.3 Å². The van der Waals surface area contributed by atoms with Gasteiger partial charge in [0.05, 0.1) is 0 Å². The number of carbonyl (C=O) groups excluding carboxylic acids is 1. The molecule has 0 heterocycles. The minimum Gasteiger partial charge on any atom is -0.356 e. The van der Waals surface area contributed by atoms with Gasteiger partial charge in [-0.15, -0.1) is 12.4 Å². The van der Waals surface area contributed by atoms with Crippen LogP contribution in [0.3, 0.4) is 0 Å². The molecule has 3 aliphatic carbocycles. The summed E-state index contributed by atoms with van der Waals surface area (Å²) in [4.78, 5) is 12.1. The Kier molecular flexibility index (Phi) is 5.69. The molecule has 26 heavy (non-hydrogen) atoms. The highest BCUT2D eigenvalue weighted by atomic mass is 35.5. The molecular weight excluding hydrogens is 344 g/mol. The van der Waals surface area contributed by atoms with Crippen LogP contribution in [0.25, 0.3) is 0 Å². The molecule has 0 aliphatic heterocycles. The first-order valence-electron chi connectivity index (χ1n) is 9.35. The van der Waals surface area contributed by atoms with E-state index in [1.807, 2.05) is 6.92 Å². The van der Waals surface area contributed by atoms with Crippen LogP contribution in [0.5, 0.6) is 0 Å². The van der Waals surface area contributed by atoms with Gasteiger partial charge < -0.3 is 11.1 Å². The van der Waals surface area contributed by atoms with Crippen molar-refractivity contribution in [3.63, 3.8) is 0 Å². The topological polar surface area (TPSA) is 55.1 Å². The second kappa shape index (κ2) is 7.81. The number of halogens is 1. The summed E-state index contributed by atoms with van der Waals surface area (Å²) in [5.74, 6) is 1.45. The highest BCUT2D eigenvalue weighted by Gasteiger charge is 2.42. The van der Waals surface area contributed by atoms with Crippen LogP contribution in [0.15, 0.2) is 48.5 Å². The molecule has 2 atom stereocenters. The Morgan fingerprint density at radius 1 is 1.08 bits per heavy atom. The van der Waals surface area contributed by atoms with Crippen LogP contribution in [0, 0.1) is 5.92 Å². The standard InChI is InChI=1S/C22H26N2O.ClH/c1-14(23)10-11-21(25)24-13-15-12-20-16-6-2-4-8-18(16)22(15)19-9-5-3-7-17(19)20;/h2-9,14-15,20,22H,10-13,23H2,1H3,(H,24,25);1H. The molecule has 0 aromatic heterocycles. The fourth-order valence-corrected chi connectivity index (χ4v) is 4.65. The van der Waals surface area contributed by atoms with Crippen molar-refractivity contribution < 1.29 is 4.79 Å². The first-order valence-corrected chi connectivity index (χ1v) is 9.35. The van der Waals surface area contributed by atoms with Crippen molar-refractivity contribution in [1.82, 2.24) is 5.32 Å². The van der Waals surface area contributed by atoms with Crippen LogP contribution in [-0.4, -0.2) is 18.5 Å². The van der Waals surface area contributed by atoms with Gasteiger partial charge >= 0.3 is 0 Å². The third-order valence-corrected chi connectivity index (χ3v) is 5.81. The molecule has 2 unspecified atom stereocenters. The second-order valence-electron chi connectivity index (χ2n) is 7.60. The predicted octanol–water partition coefficient (Wildman–Crippen LogP) is 3.95. The molecule has 2 bridgehead atoms. The number of hydrogen-bond acceptors (Lipinski definition) is 2. The number of hydrogen-bond donors (Lipinski definition) is 2. The summed E-state index contributed by atoms with van der Waals surface area (Å²) >= 11 is 0. The molecule has 5 rings (SSSR count). The number of fused-ring (bicyclic) bond motifs is 1. The average Bonchev–Trinajstić information content (AvgIpc) is 2.65. The molecule has 3 aliphatic rings. The van der Waals surface area contributed by atoms with Crippen molar-refractivity contribution in [1.29, 1.82) is 0 Å². The molecule has 0 saturated heterocycles. The Bertz CT molecular complexity index is 742. The lowest BCUT2D eigenvalue weighted by Gasteiger charge is -2.45. The molecule has 2 aromatic carbocycles. The predicted molar refractivity (Wildman–Crippen MR) is 108 cm³/mol. The molecule has 138 valence electrons. The van der Waals surface area contributed by atoms with Crippen molar-refractivity contribution in [2.45, 2.75) is 44.1 Å². The number of benzene rings is 2. The number of carbonyl (C=O) groups is 1. The summed E-state index contributed by atoms with van der Waals surface area (Å²) in [5, 5.41) is 3.16. The Morgan fingerprint density at radius 3 is 2.15 bits per heavy atom. The minimum atomic E-state index is 0. The monoisotopic (exact) mass is 370 g/mol. The molecule has 1 amide bonds. The summed E-state index contributed by atoms with van der Waals surface area (Å²) < 4.78 is 0. The van der Waals surface area contributed by atoms with Crippen molar-refractivity contribution in [2.24, 2.45) is 11.7 Å². The quantitative estimate of drug-likeness (QED) is 0.837. The van der Waals surface area contributed by atoms with Crippen molar-refractivity contribution in [3.8, 4) is 0 Å². The summed E-state index contributed by atoms with van der Waals surface area (Å²) in [6, 6.07) is 17.7. The second-order valence-corrected chi connectivity index (χ2v) is 7.60. The summed E-state index contributed by atoms with van der Waals surface area (Å²) in [6.07, 6.45) is 2.38. The lowest BCUT2D eigenvalue weighted by Crippen LogP contribution is -2.39. The zero-order valence-electron chi connectivity index (χ0n) is 15.2. The van der Waals surface area contributed by atoms with Crippen LogP contribution in [-0.2, 0) is 4.79 Å². The molecule has 2 aromatic rings. The van der Waals surface area contributed by atoms with E-state index in [1.165, 1.54) is 22.3 Å². The van der Waals surface area contributed by atoms with Gasteiger partial charge in [-0.2, -0.15) is 0 Å². The lowest BCUT2D eigenvalue weighted by atomic mass is 9.59. The van der Waals surface area contributed by atoms with E-state index < -0.39 is 0 Å². The van der Waals surface area contributed by atoms with Crippen molar-refractivity contribution in [2.75, 3.05) is 6.54 Å². The first-order chi connectivity index (χ1) is 12.1. The highest BCUT2D eigenvalue weighted by molar-refractivity contribution is 5.85. The van der Waals surface area contributed by atoms with Crippen LogP contribution >= 0.6 is 12.4 Å². The molecule has 0 radical (unpaired) electrons. The van der Waals surface area contributed by atoms with Gasteiger partial charge in [0.15, 0.2) is 0 Å². The third-order valence-electron chi connectivity index (χ3n) is 5.81. The molecule has 0 saturated carbocycles. The van der Waals surface area contributed by atoms with Crippen LogP contribution in [0.2, 0.25) is 0 Å². The lowest BCUT2D eigenvalue weighted by molar-refractivity contribution is -0.121. The molecular formula is C22H27ClN2O. The largest absolute Gasteiger partial charge is 0.356 e. The zero-order chi connectivity index (χ0) is 17.4. The SMILES string of the molecule is CC(N)CCC(=O)NCC1CC2c3ccccc3C1c1ccccc12.Cl. The maximum atomic E-state index is 12.1. The normalized spacial score (nSPS) is 23.4.